The fourth-order valence-electron chi connectivity index (χ4n) is 8.65. The summed E-state index contributed by atoms with van der Waals surface area (Å²) in [4.78, 5) is 0. The Kier molecular flexibility index (Phi) is 6.35. The van der Waals surface area contributed by atoms with E-state index in [-0.39, 0.29) is 6.10 Å². The first-order chi connectivity index (χ1) is 14.2. The van der Waals surface area contributed by atoms with Crippen LogP contribution in [0.25, 0.3) is 0 Å². The van der Waals surface area contributed by atoms with Crippen LogP contribution in [0.2, 0.25) is 0 Å². The van der Waals surface area contributed by atoms with E-state index in [0.717, 1.165) is 42.4 Å². The van der Waals surface area contributed by atoms with Gasteiger partial charge >= 0.3 is 0 Å². The zero-order valence-electron chi connectivity index (χ0n) is 20.7. The molecule has 0 saturated heterocycles. The lowest BCUT2D eigenvalue weighted by Gasteiger charge is -2.60. The first-order valence-electron chi connectivity index (χ1n) is 13.2. The van der Waals surface area contributed by atoms with Crippen LogP contribution in [0.15, 0.2) is 23.3 Å². The zero-order valence-corrected chi connectivity index (χ0v) is 20.7. The van der Waals surface area contributed by atoms with E-state index in [1.165, 1.54) is 51.4 Å². The zero-order chi connectivity index (χ0) is 21.7. The fourth-order valence-corrected chi connectivity index (χ4v) is 8.65. The summed E-state index contributed by atoms with van der Waals surface area (Å²) in [5.74, 6) is 5.10. The molecule has 0 bridgehead atoms. The molecule has 0 aromatic carbocycles. The van der Waals surface area contributed by atoms with Crippen LogP contribution >= 0.6 is 0 Å². The number of hydrogen-bond donors (Lipinski definition) is 1. The summed E-state index contributed by atoms with van der Waals surface area (Å²) in [7, 11) is 0. The summed E-state index contributed by atoms with van der Waals surface area (Å²) in [6.07, 6.45) is 17.9. The molecule has 0 radical (unpaired) electrons. The lowest BCUT2D eigenvalue weighted by molar-refractivity contribution is -0.0908. The minimum absolute atomic E-state index is 0.0704. The highest BCUT2D eigenvalue weighted by Gasteiger charge is 2.58. The van der Waals surface area contributed by atoms with Crippen LogP contribution < -0.4 is 0 Å². The molecule has 1 heteroatoms. The number of rotatable bonds is 5. The van der Waals surface area contributed by atoms with Gasteiger partial charge in [0.25, 0.3) is 0 Å². The molecule has 1 N–H and O–H groups in total. The van der Waals surface area contributed by atoms with Crippen molar-refractivity contribution in [2.75, 3.05) is 0 Å². The third-order valence-corrected chi connectivity index (χ3v) is 10.8. The van der Waals surface area contributed by atoms with E-state index in [2.05, 4.69) is 53.7 Å². The van der Waals surface area contributed by atoms with Gasteiger partial charge in [0.1, 0.15) is 0 Å². The van der Waals surface area contributed by atoms with E-state index in [4.69, 9.17) is 0 Å². The number of hydrogen-bond acceptors (Lipinski definition) is 1. The van der Waals surface area contributed by atoms with E-state index in [1.54, 1.807) is 5.57 Å². The smallest absolute Gasteiger partial charge is 0.0546 e. The number of aliphatic hydroxyl groups excluding tert-OH is 1. The Hall–Kier alpha value is -0.560. The summed E-state index contributed by atoms with van der Waals surface area (Å²) < 4.78 is 0. The SMILES string of the molecule is CC=C(CCC(C)C1CCC2C3=CCC4(C)CC(O)CCC4(C)C3CCC21)C(C)C. The standard InChI is InChI=1S/C29H48O/c1-7-21(19(2)3)9-8-20(4)23-10-11-25-24(23)12-13-27-26(25)15-16-28(5)18-22(30)14-17-29(27,28)6/h7,15,19-20,22-25,27,30H,8-14,16-18H2,1-6H3. The average molecular weight is 413 g/mol. The molecule has 0 aromatic rings. The lowest BCUT2D eigenvalue weighted by Crippen LogP contribution is -2.53. The molecule has 0 heterocycles. The number of fused-ring (bicyclic) bond motifs is 5. The van der Waals surface area contributed by atoms with Gasteiger partial charge in [0.2, 0.25) is 0 Å². The van der Waals surface area contributed by atoms with Crippen molar-refractivity contribution in [3.8, 4) is 0 Å². The van der Waals surface area contributed by atoms with Crippen LogP contribution in [0.4, 0.5) is 0 Å². The minimum Gasteiger partial charge on any atom is -0.393 e. The van der Waals surface area contributed by atoms with Gasteiger partial charge in [-0.3, -0.25) is 0 Å². The quantitative estimate of drug-likeness (QED) is 0.454. The molecule has 0 spiro atoms. The molecule has 170 valence electrons. The first kappa shape index (κ1) is 22.6. The van der Waals surface area contributed by atoms with Crippen molar-refractivity contribution in [3.63, 3.8) is 0 Å². The molecule has 1 nitrogen and oxygen atoms in total. The Morgan fingerprint density at radius 2 is 1.90 bits per heavy atom. The second-order valence-electron chi connectivity index (χ2n) is 12.5. The molecule has 4 rings (SSSR count). The van der Waals surface area contributed by atoms with Gasteiger partial charge in [0.05, 0.1) is 6.10 Å². The number of allylic oxidation sites excluding steroid dienone is 4. The molecular weight excluding hydrogens is 364 g/mol. The predicted octanol–water partition coefficient (Wildman–Crippen LogP) is 7.94. The van der Waals surface area contributed by atoms with Crippen LogP contribution in [-0.2, 0) is 0 Å². The molecule has 0 aromatic heterocycles. The highest BCUT2D eigenvalue weighted by Crippen LogP contribution is 2.66. The normalized spacial score (nSPS) is 44.9. The first-order valence-corrected chi connectivity index (χ1v) is 13.2. The summed E-state index contributed by atoms with van der Waals surface area (Å²) in [6, 6.07) is 0. The van der Waals surface area contributed by atoms with Crippen LogP contribution in [0.1, 0.15) is 106 Å². The fraction of sp³-hybridized carbons (Fsp3) is 0.862. The van der Waals surface area contributed by atoms with Gasteiger partial charge in [-0.1, -0.05) is 57.9 Å². The topological polar surface area (TPSA) is 20.2 Å². The van der Waals surface area contributed by atoms with Gasteiger partial charge in [-0.25, -0.2) is 0 Å². The van der Waals surface area contributed by atoms with Crippen molar-refractivity contribution in [2.24, 2.45) is 46.3 Å². The minimum atomic E-state index is -0.0704. The van der Waals surface area contributed by atoms with Gasteiger partial charge in [-0.05, 0) is 117 Å². The van der Waals surface area contributed by atoms with Crippen LogP contribution in [0, 0.1) is 46.3 Å². The highest BCUT2D eigenvalue weighted by molar-refractivity contribution is 5.27. The van der Waals surface area contributed by atoms with Gasteiger partial charge in [-0.2, -0.15) is 0 Å². The third kappa shape index (κ3) is 3.66. The maximum absolute atomic E-state index is 10.4. The lowest BCUT2D eigenvalue weighted by atomic mass is 9.44. The monoisotopic (exact) mass is 412 g/mol. The van der Waals surface area contributed by atoms with Crippen molar-refractivity contribution < 1.29 is 5.11 Å². The second-order valence-corrected chi connectivity index (χ2v) is 12.5. The molecule has 3 fully saturated rings. The van der Waals surface area contributed by atoms with Crippen molar-refractivity contribution >= 4 is 0 Å². The molecule has 8 unspecified atom stereocenters. The number of aliphatic hydroxyl groups is 1. The van der Waals surface area contributed by atoms with Crippen molar-refractivity contribution in [1.82, 2.24) is 0 Å². The Morgan fingerprint density at radius 1 is 1.13 bits per heavy atom. The second kappa shape index (κ2) is 8.42. The van der Waals surface area contributed by atoms with E-state index in [9.17, 15) is 5.11 Å². The molecule has 3 saturated carbocycles. The van der Waals surface area contributed by atoms with Gasteiger partial charge in [-0.15, -0.1) is 0 Å². The molecule has 30 heavy (non-hydrogen) atoms. The largest absolute Gasteiger partial charge is 0.393 e. The average Bonchev–Trinajstić information content (AvgIpc) is 3.13. The van der Waals surface area contributed by atoms with E-state index >= 15 is 0 Å². The molecule has 0 amide bonds. The summed E-state index contributed by atoms with van der Waals surface area (Å²) in [5.41, 5.74) is 4.23. The van der Waals surface area contributed by atoms with E-state index < -0.39 is 0 Å². The Bertz CT molecular complexity index is 686. The molecule has 0 aliphatic heterocycles. The Labute approximate surface area is 186 Å². The molecule has 4 aliphatic rings. The Balaban J connectivity index is 1.47. The van der Waals surface area contributed by atoms with E-state index in [0.29, 0.717) is 16.7 Å². The maximum Gasteiger partial charge on any atom is 0.0546 e. The molecule has 4 aliphatic carbocycles. The van der Waals surface area contributed by atoms with Crippen molar-refractivity contribution in [2.45, 2.75) is 112 Å². The van der Waals surface area contributed by atoms with Gasteiger partial charge < -0.3 is 5.11 Å². The highest BCUT2D eigenvalue weighted by atomic mass is 16.3. The summed E-state index contributed by atoms with van der Waals surface area (Å²) in [6.45, 7) is 14.6. The van der Waals surface area contributed by atoms with Crippen LogP contribution in [0.3, 0.4) is 0 Å². The van der Waals surface area contributed by atoms with Crippen molar-refractivity contribution in [1.29, 1.82) is 0 Å². The summed E-state index contributed by atoms with van der Waals surface area (Å²) >= 11 is 0. The van der Waals surface area contributed by atoms with Crippen LogP contribution in [-0.4, -0.2) is 11.2 Å². The maximum atomic E-state index is 10.4. The third-order valence-electron chi connectivity index (χ3n) is 10.8. The predicted molar refractivity (Wildman–Crippen MR) is 128 cm³/mol. The molecular formula is C29H48O. The molecule has 8 atom stereocenters. The van der Waals surface area contributed by atoms with E-state index in [1.807, 2.05) is 5.57 Å². The van der Waals surface area contributed by atoms with Gasteiger partial charge in [0.15, 0.2) is 0 Å². The van der Waals surface area contributed by atoms with Gasteiger partial charge in [0, 0.05) is 0 Å². The van der Waals surface area contributed by atoms with Crippen molar-refractivity contribution in [3.05, 3.63) is 23.3 Å². The Morgan fingerprint density at radius 3 is 2.60 bits per heavy atom. The summed E-state index contributed by atoms with van der Waals surface area (Å²) in [5, 5.41) is 10.4. The van der Waals surface area contributed by atoms with Crippen LogP contribution in [0.5, 0.6) is 0 Å².